The first kappa shape index (κ1) is 18.6. The lowest BCUT2D eigenvalue weighted by atomic mass is 10.2. The molecule has 9 heteroatoms. The minimum Gasteiger partial charge on any atom is -0.497 e. The van der Waals surface area contributed by atoms with Crippen LogP contribution in [0.25, 0.3) is 11.5 Å². The third kappa shape index (κ3) is 3.38. The second kappa shape index (κ2) is 7.33. The van der Waals surface area contributed by atoms with Gasteiger partial charge in [0.1, 0.15) is 16.4 Å². The molecule has 1 saturated heterocycles. The zero-order chi connectivity index (χ0) is 19.7. The number of aromatic nitrogens is 1. The lowest BCUT2D eigenvalue weighted by Gasteiger charge is -2.35. The molecule has 0 spiro atoms. The normalized spacial score (nSPS) is 15.7. The predicted octanol–water partition coefficient (Wildman–Crippen LogP) is 2.76. The molecule has 0 bridgehead atoms. The minimum absolute atomic E-state index is 0.161. The van der Waals surface area contributed by atoms with Gasteiger partial charge in [-0.05, 0) is 19.1 Å². The van der Waals surface area contributed by atoms with E-state index in [1.807, 2.05) is 24.3 Å². The maximum Gasteiger partial charge on any atom is 0.246 e. The summed E-state index contributed by atoms with van der Waals surface area (Å²) in [5, 5.41) is 3.63. The van der Waals surface area contributed by atoms with E-state index in [4.69, 9.17) is 13.7 Å². The molecule has 0 radical (unpaired) electrons. The summed E-state index contributed by atoms with van der Waals surface area (Å²) < 4.78 is 43.6. The summed E-state index contributed by atoms with van der Waals surface area (Å²) in [4.78, 5) is 2.31. The monoisotopic (exact) mass is 403 g/mol. The lowest BCUT2D eigenvalue weighted by Crippen LogP contribution is -2.48. The second-order valence-electron chi connectivity index (χ2n) is 6.50. The van der Waals surface area contributed by atoms with Gasteiger partial charge >= 0.3 is 0 Å². The Balaban J connectivity index is 1.51. The number of hydrogen-bond acceptors (Lipinski definition) is 7. The molecule has 1 aliphatic heterocycles. The number of rotatable bonds is 5. The summed E-state index contributed by atoms with van der Waals surface area (Å²) in [5.74, 6) is 1.86. The molecule has 1 aromatic carbocycles. The van der Waals surface area contributed by atoms with E-state index in [0.29, 0.717) is 43.5 Å². The molecule has 0 unspecified atom stereocenters. The third-order valence-electron chi connectivity index (χ3n) is 4.83. The van der Waals surface area contributed by atoms with Gasteiger partial charge in [0.05, 0.1) is 13.3 Å². The summed E-state index contributed by atoms with van der Waals surface area (Å²) in [6.45, 7) is 3.61. The molecule has 3 aromatic rings. The van der Waals surface area contributed by atoms with Gasteiger partial charge in [0.15, 0.2) is 5.76 Å². The lowest BCUT2D eigenvalue weighted by molar-refractivity contribution is 0.382. The Morgan fingerprint density at radius 2 is 1.86 bits per heavy atom. The number of methoxy groups -OCH3 is 1. The van der Waals surface area contributed by atoms with Crippen LogP contribution in [-0.2, 0) is 10.0 Å². The molecule has 3 heterocycles. The van der Waals surface area contributed by atoms with Gasteiger partial charge < -0.3 is 18.6 Å². The van der Waals surface area contributed by atoms with Crippen molar-refractivity contribution in [2.75, 3.05) is 38.2 Å². The Morgan fingerprint density at radius 3 is 2.54 bits per heavy atom. The van der Waals surface area contributed by atoms with Crippen LogP contribution >= 0.6 is 0 Å². The Kier molecular flexibility index (Phi) is 4.86. The first-order chi connectivity index (χ1) is 13.5. The molecule has 0 aliphatic carbocycles. The smallest absolute Gasteiger partial charge is 0.246 e. The van der Waals surface area contributed by atoms with Crippen molar-refractivity contribution in [3.05, 3.63) is 48.4 Å². The third-order valence-corrected chi connectivity index (χ3v) is 6.83. The van der Waals surface area contributed by atoms with E-state index >= 15 is 0 Å². The van der Waals surface area contributed by atoms with E-state index < -0.39 is 10.0 Å². The Labute approximate surface area is 163 Å². The fourth-order valence-electron chi connectivity index (χ4n) is 3.32. The Hall–Kier alpha value is -2.78. The van der Waals surface area contributed by atoms with Crippen molar-refractivity contribution in [1.82, 2.24) is 9.46 Å². The zero-order valence-electron chi connectivity index (χ0n) is 15.7. The van der Waals surface area contributed by atoms with Crippen LogP contribution in [0.1, 0.15) is 5.76 Å². The van der Waals surface area contributed by atoms with Crippen molar-refractivity contribution in [3.8, 4) is 17.3 Å². The van der Waals surface area contributed by atoms with Gasteiger partial charge in [0.25, 0.3) is 0 Å². The number of nitrogens with zero attached hydrogens (tertiary/aromatic N) is 3. The molecule has 0 amide bonds. The number of furan rings is 1. The van der Waals surface area contributed by atoms with Crippen molar-refractivity contribution in [2.24, 2.45) is 0 Å². The standard InChI is InChI=1S/C19H21N3O5S/c1-14-19(13-18(26-14)17-6-7-20-27-17)28(23,24)22-10-8-21(9-11-22)15-4-3-5-16(12-15)25-2/h3-7,12-13H,8-11H2,1-2H3. The van der Waals surface area contributed by atoms with Crippen molar-refractivity contribution < 1.29 is 22.1 Å². The molecule has 0 saturated carbocycles. The van der Waals surface area contributed by atoms with Gasteiger partial charge in [0, 0.05) is 50.1 Å². The van der Waals surface area contributed by atoms with Gasteiger partial charge in [-0.3, -0.25) is 0 Å². The van der Waals surface area contributed by atoms with Crippen LogP contribution in [0.3, 0.4) is 0 Å². The van der Waals surface area contributed by atoms with Gasteiger partial charge in [-0.1, -0.05) is 11.2 Å². The van der Waals surface area contributed by atoms with Crippen molar-refractivity contribution in [3.63, 3.8) is 0 Å². The Morgan fingerprint density at radius 1 is 1.07 bits per heavy atom. The molecule has 0 atom stereocenters. The average Bonchev–Trinajstić information content (AvgIpc) is 3.38. The van der Waals surface area contributed by atoms with Gasteiger partial charge in [-0.25, -0.2) is 8.42 Å². The van der Waals surface area contributed by atoms with Crippen molar-refractivity contribution in [1.29, 1.82) is 0 Å². The molecule has 1 aliphatic rings. The summed E-state index contributed by atoms with van der Waals surface area (Å²) in [7, 11) is -2.03. The quantitative estimate of drug-likeness (QED) is 0.647. The first-order valence-corrected chi connectivity index (χ1v) is 10.3. The van der Waals surface area contributed by atoms with Crippen molar-refractivity contribution in [2.45, 2.75) is 11.8 Å². The van der Waals surface area contributed by atoms with E-state index in [9.17, 15) is 8.42 Å². The van der Waals surface area contributed by atoms with Crippen LogP contribution < -0.4 is 9.64 Å². The van der Waals surface area contributed by atoms with Crippen LogP contribution in [-0.4, -0.2) is 51.2 Å². The number of aryl methyl sites for hydroxylation is 1. The van der Waals surface area contributed by atoms with E-state index in [1.54, 1.807) is 20.1 Å². The molecule has 2 aromatic heterocycles. The molecule has 28 heavy (non-hydrogen) atoms. The molecule has 0 N–H and O–H groups in total. The summed E-state index contributed by atoms with van der Waals surface area (Å²) in [6.07, 6.45) is 1.49. The second-order valence-corrected chi connectivity index (χ2v) is 8.41. The van der Waals surface area contributed by atoms with Crippen LogP contribution in [0.15, 0.2) is 56.4 Å². The van der Waals surface area contributed by atoms with Gasteiger partial charge in [-0.2, -0.15) is 4.31 Å². The van der Waals surface area contributed by atoms with Gasteiger partial charge in [0.2, 0.25) is 15.8 Å². The molecule has 4 rings (SSSR count). The minimum atomic E-state index is -3.66. The SMILES string of the molecule is COc1cccc(N2CCN(S(=O)(=O)c3cc(-c4ccno4)oc3C)CC2)c1. The molecule has 8 nitrogen and oxygen atoms in total. The van der Waals surface area contributed by atoms with Gasteiger partial charge in [-0.15, -0.1) is 0 Å². The Bertz CT molecular complexity index is 1050. The van der Waals surface area contributed by atoms with E-state index in [1.165, 1.54) is 16.6 Å². The zero-order valence-corrected chi connectivity index (χ0v) is 16.5. The fraction of sp³-hybridized carbons (Fsp3) is 0.316. The highest BCUT2D eigenvalue weighted by Gasteiger charge is 2.32. The van der Waals surface area contributed by atoms with Crippen molar-refractivity contribution >= 4 is 15.7 Å². The summed E-state index contributed by atoms with van der Waals surface area (Å²) in [5.41, 5.74) is 1.02. The average molecular weight is 403 g/mol. The highest BCUT2D eigenvalue weighted by atomic mass is 32.2. The van der Waals surface area contributed by atoms with Crippen LogP contribution in [0.2, 0.25) is 0 Å². The topological polar surface area (TPSA) is 89.0 Å². The van der Waals surface area contributed by atoms with Crippen LogP contribution in [0.5, 0.6) is 5.75 Å². The molecule has 1 fully saturated rings. The maximum atomic E-state index is 13.1. The van der Waals surface area contributed by atoms with E-state index in [2.05, 4.69) is 10.1 Å². The van der Waals surface area contributed by atoms with E-state index in [-0.39, 0.29) is 4.90 Å². The predicted molar refractivity (Wildman–Crippen MR) is 103 cm³/mol. The largest absolute Gasteiger partial charge is 0.497 e. The molecule has 148 valence electrons. The number of ether oxygens (including phenoxy) is 1. The van der Waals surface area contributed by atoms with E-state index in [0.717, 1.165) is 11.4 Å². The number of benzene rings is 1. The number of anilines is 1. The highest BCUT2D eigenvalue weighted by Crippen LogP contribution is 2.31. The highest BCUT2D eigenvalue weighted by molar-refractivity contribution is 7.89. The number of hydrogen-bond donors (Lipinski definition) is 0. The molecular weight excluding hydrogens is 382 g/mol. The van der Waals surface area contributed by atoms with Crippen LogP contribution in [0, 0.1) is 6.92 Å². The number of piperazine rings is 1. The fourth-order valence-corrected chi connectivity index (χ4v) is 4.90. The molecular formula is C19H21N3O5S. The number of sulfonamides is 1. The van der Waals surface area contributed by atoms with Crippen LogP contribution in [0.4, 0.5) is 5.69 Å². The first-order valence-electron chi connectivity index (χ1n) is 8.89. The maximum absolute atomic E-state index is 13.1. The summed E-state index contributed by atoms with van der Waals surface area (Å²) in [6, 6.07) is 10.9. The summed E-state index contributed by atoms with van der Waals surface area (Å²) >= 11 is 0.